The van der Waals surface area contributed by atoms with Crippen molar-refractivity contribution in [2.24, 2.45) is 5.92 Å². The summed E-state index contributed by atoms with van der Waals surface area (Å²) in [6.45, 7) is 2.21. The Kier molecular flexibility index (Phi) is 3.70. The monoisotopic (exact) mass is 410 g/mol. The van der Waals surface area contributed by atoms with Crippen LogP contribution in [0.25, 0.3) is 10.9 Å². The molecule has 0 spiro atoms. The van der Waals surface area contributed by atoms with Crippen molar-refractivity contribution in [3.05, 3.63) is 63.8 Å². The molecule has 2 aliphatic rings. The van der Waals surface area contributed by atoms with Crippen LogP contribution in [0.1, 0.15) is 23.2 Å². The maximum absolute atomic E-state index is 10.1. The quantitative estimate of drug-likeness (QED) is 0.613. The van der Waals surface area contributed by atoms with Crippen LogP contribution in [-0.2, 0) is 18.3 Å². The molecule has 1 aliphatic heterocycles. The Morgan fingerprint density at radius 2 is 2.08 bits per heavy atom. The van der Waals surface area contributed by atoms with Crippen LogP contribution in [0.2, 0.25) is 0 Å². The predicted octanol–water partition coefficient (Wildman–Crippen LogP) is 4.62. The van der Waals surface area contributed by atoms with Crippen molar-refractivity contribution in [3.8, 4) is 5.75 Å². The van der Waals surface area contributed by atoms with Gasteiger partial charge in [-0.15, -0.1) is 0 Å². The van der Waals surface area contributed by atoms with Crippen LogP contribution in [0.5, 0.6) is 5.75 Å². The van der Waals surface area contributed by atoms with Crippen LogP contribution in [0.15, 0.2) is 46.9 Å². The van der Waals surface area contributed by atoms with Gasteiger partial charge in [-0.05, 0) is 84.0 Å². The molecule has 0 bridgehead atoms. The number of aromatic nitrogens is 1. The maximum Gasteiger partial charge on any atom is 0.115 e. The normalized spacial score (nSPS) is 25.8. The van der Waals surface area contributed by atoms with E-state index in [-0.39, 0.29) is 5.41 Å². The molecular formula is C22H23BrN2O. The number of nitrogens with zero attached hydrogens (tertiary/aromatic N) is 1. The summed E-state index contributed by atoms with van der Waals surface area (Å²) in [7, 11) is 2.23. The van der Waals surface area contributed by atoms with Crippen molar-refractivity contribution < 1.29 is 5.11 Å². The van der Waals surface area contributed by atoms with Crippen molar-refractivity contribution >= 4 is 26.8 Å². The van der Waals surface area contributed by atoms with Gasteiger partial charge >= 0.3 is 0 Å². The third-order valence-corrected chi connectivity index (χ3v) is 7.26. The number of H-pyrrole nitrogens is 1. The van der Waals surface area contributed by atoms with E-state index in [2.05, 4.69) is 57.1 Å². The molecule has 4 heteroatoms. The largest absolute Gasteiger partial charge is 0.508 e. The molecule has 3 aromatic rings. The zero-order valence-electron chi connectivity index (χ0n) is 14.9. The predicted molar refractivity (Wildman–Crippen MR) is 109 cm³/mol. The molecule has 1 saturated heterocycles. The van der Waals surface area contributed by atoms with Crippen LogP contribution < -0.4 is 0 Å². The molecule has 3 nitrogen and oxygen atoms in total. The Labute approximate surface area is 162 Å². The number of phenolic OH excluding ortho intramolecular Hbond substituents is 1. The van der Waals surface area contributed by atoms with Crippen LogP contribution in [0.4, 0.5) is 0 Å². The van der Waals surface area contributed by atoms with E-state index < -0.39 is 0 Å². The number of halogens is 1. The van der Waals surface area contributed by atoms with Gasteiger partial charge in [0, 0.05) is 27.5 Å². The Morgan fingerprint density at radius 1 is 1.23 bits per heavy atom. The lowest BCUT2D eigenvalue weighted by Crippen LogP contribution is -2.52. The highest BCUT2D eigenvalue weighted by Gasteiger charge is 2.47. The number of phenols is 1. The van der Waals surface area contributed by atoms with Crippen molar-refractivity contribution in [3.63, 3.8) is 0 Å². The third-order valence-electron chi connectivity index (χ3n) is 6.60. The molecule has 0 radical (unpaired) electrons. The number of aromatic amines is 1. The first-order chi connectivity index (χ1) is 12.6. The molecule has 2 heterocycles. The number of aromatic hydroxyl groups is 1. The highest BCUT2D eigenvalue weighted by atomic mass is 79.9. The second kappa shape index (κ2) is 5.86. The minimum absolute atomic E-state index is 0.103. The molecule has 1 fully saturated rings. The van der Waals surface area contributed by atoms with E-state index in [0.29, 0.717) is 11.7 Å². The summed E-state index contributed by atoms with van der Waals surface area (Å²) >= 11 is 3.70. The highest BCUT2D eigenvalue weighted by molar-refractivity contribution is 9.10. The number of para-hydroxylation sites is 1. The summed E-state index contributed by atoms with van der Waals surface area (Å²) in [5.74, 6) is 0.938. The summed E-state index contributed by atoms with van der Waals surface area (Å²) in [4.78, 5) is 6.17. The van der Waals surface area contributed by atoms with Gasteiger partial charge in [0.2, 0.25) is 0 Å². The van der Waals surface area contributed by atoms with Crippen molar-refractivity contribution in [2.45, 2.75) is 24.7 Å². The topological polar surface area (TPSA) is 39.3 Å². The Morgan fingerprint density at radius 3 is 2.92 bits per heavy atom. The summed E-state index contributed by atoms with van der Waals surface area (Å²) < 4.78 is 1.14. The van der Waals surface area contributed by atoms with Crippen molar-refractivity contribution in [2.75, 3.05) is 20.1 Å². The lowest BCUT2D eigenvalue weighted by Gasteiger charge is -2.50. The van der Waals surface area contributed by atoms with Crippen LogP contribution in [0.3, 0.4) is 0 Å². The fraction of sp³-hybridized carbons (Fsp3) is 0.364. The molecule has 0 saturated carbocycles. The number of nitrogens with one attached hydrogen (secondary N) is 1. The summed E-state index contributed by atoms with van der Waals surface area (Å²) in [6, 6.07) is 14.4. The van der Waals surface area contributed by atoms with Gasteiger partial charge in [-0.2, -0.15) is 0 Å². The SMILES string of the molecule is CN1CCC2(c3cccc(O)c3)Cc3[nH]c4c(Br)cccc4c3CC2C1. The van der Waals surface area contributed by atoms with Gasteiger partial charge in [0.1, 0.15) is 5.75 Å². The fourth-order valence-corrected chi connectivity index (χ4v) is 5.73. The molecule has 2 unspecified atom stereocenters. The Bertz CT molecular complexity index is 995. The Balaban J connectivity index is 1.69. The molecule has 2 aromatic carbocycles. The number of likely N-dealkylation sites (tertiary alicyclic amines) is 1. The van der Waals surface area contributed by atoms with Crippen molar-refractivity contribution in [1.82, 2.24) is 9.88 Å². The van der Waals surface area contributed by atoms with E-state index in [9.17, 15) is 5.11 Å². The minimum Gasteiger partial charge on any atom is -0.508 e. The first-order valence-electron chi connectivity index (χ1n) is 9.33. The second-order valence-corrected chi connectivity index (χ2v) is 8.90. The molecule has 26 heavy (non-hydrogen) atoms. The average molecular weight is 411 g/mol. The minimum atomic E-state index is 0.103. The first-order valence-corrected chi connectivity index (χ1v) is 10.1. The fourth-order valence-electron chi connectivity index (χ4n) is 5.26. The zero-order valence-corrected chi connectivity index (χ0v) is 16.5. The number of rotatable bonds is 1. The average Bonchev–Trinajstić information content (AvgIpc) is 2.99. The standard InChI is InChI=1S/C22H23BrN2O/c1-25-9-8-22(14-4-2-5-16(26)10-14)12-20-18(11-15(22)13-25)17-6-3-7-19(23)21(17)24-20/h2-7,10,15,24,26H,8-9,11-13H2,1H3. The number of fused-ring (bicyclic) bond motifs is 4. The van der Waals surface area contributed by atoms with Gasteiger partial charge in [0.15, 0.2) is 0 Å². The zero-order chi connectivity index (χ0) is 17.9. The van der Waals surface area contributed by atoms with E-state index in [1.807, 2.05) is 12.1 Å². The van der Waals surface area contributed by atoms with E-state index >= 15 is 0 Å². The van der Waals surface area contributed by atoms with E-state index in [1.54, 1.807) is 6.07 Å². The summed E-state index contributed by atoms with van der Waals surface area (Å²) in [5.41, 5.74) is 5.47. The van der Waals surface area contributed by atoms with E-state index in [4.69, 9.17) is 0 Å². The molecule has 5 rings (SSSR count). The van der Waals surface area contributed by atoms with Crippen molar-refractivity contribution in [1.29, 1.82) is 0 Å². The molecule has 2 atom stereocenters. The molecule has 134 valence electrons. The summed E-state index contributed by atoms with van der Waals surface area (Å²) in [5, 5.41) is 11.5. The van der Waals surface area contributed by atoms with Crippen LogP contribution in [-0.4, -0.2) is 35.1 Å². The molecule has 1 aliphatic carbocycles. The lowest BCUT2D eigenvalue weighted by atomic mass is 9.59. The van der Waals surface area contributed by atoms with Crippen LogP contribution in [0, 0.1) is 5.92 Å². The van der Waals surface area contributed by atoms with Gasteiger partial charge < -0.3 is 15.0 Å². The Hall–Kier alpha value is -1.78. The van der Waals surface area contributed by atoms with Gasteiger partial charge in [-0.25, -0.2) is 0 Å². The third kappa shape index (κ3) is 2.35. The number of piperidine rings is 1. The van der Waals surface area contributed by atoms with Crippen LogP contribution >= 0.6 is 15.9 Å². The van der Waals surface area contributed by atoms with E-state index in [1.165, 1.54) is 27.7 Å². The second-order valence-electron chi connectivity index (χ2n) is 8.04. The van der Waals surface area contributed by atoms with Gasteiger partial charge in [-0.3, -0.25) is 0 Å². The van der Waals surface area contributed by atoms with E-state index in [0.717, 1.165) is 36.8 Å². The molecular weight excluding hydrogens is 388 g/mol. The van der Waals surface area contributed by atoms with Gasteiger partial charge in [0.25, 0.3) is 0 Å². The number of hydrogen-bond acceptors (Lipinski definition) is 2. The summed E-state index contributed by atoms with van der Waals surface area (Å²) in [6.07, 6.45) is 3.24. The first kappa shape index (κ1) is 16.4. The number of hydrogen-bond donors (Lipinski definition) is 2. The highest BCUT2D eigenvalue weighted by Crippen LogP contribution is 2.49. The maximum atomic E-state index is 10.1. The molecule has 1 aromatic heterocycles. The molecule has 0 amide bonds. The lowest BCUT2D eigenvalue weighted by molar-refractivity contribution is 0.0994. The molecule has 2 N–H and O–H groups in total. The van der Waals surface area contributed by atoms with Gasteiger partial charge in [-0.1, -0.05) is 24.3 Å². The number of benzene rings is 2. The smallest absolute Gasteiger partial charge is 0.115 e. The van der Waals surface area contributed by atoms with Gasteiger partial charge in [0.05, 0.1) is 5.52 Å².